The van der Waals surface area contributed by atoms with E-state index in [0.29, 0.717) is 12.5 Å². The van der Waals surface area contributed by atoms with Gasteiger partial charge in [-0.25, -0.2) is 4.79 Å². The van der Waals surface area contributed by atoms with Gasteiger partial charge in [0.1, 0.15) is 5.76 Å². The van der Waals surface area contributed by atoms with Gasteiger partial charge in [-0.3, -0.25) is 0 Å². The SMILES string of the molecule is O=C(NCc1ccco1)NCC1CNC1. The lowest BCUT2D eigenvalue weighted by atomic mass is 10.0. The molecule has 2 amide bonds. The number of carbonyl (C=O) groups excluding carboxylic acids is 1. The van der Waals surface area contributed by atoms with Gasteiger partial charge in [0, 0.05) is 25.6 Å². The predicted octanol–water partition coefficient (Wildman–Crippen LogP) is 0.298. The van der Waals surface area contributed by atoms with E-state index in [4.69, 9.17) is 4.42 Å². The Morgan fingerprint density at radius 1 is 1.53 bits per heavy atom. The molecule has 15 heavy (non-hydrogen) atoms. The first-order valence-electron chi connectivity index (χ1n) is 5.09. The zero-order valence-corrected chi connectivity index (χ0v) is 8.45. The molecule has 0 atom stereocenters. The number of urea groups is 1. The molecule has 1 saturated heterocycles. The van der Waals surface area contributed by atoms with Crippen LogP contribution in [0.5, 0.6) is 0 Å². The molecule has 1 aromatic heterocycles. The monoisotopic (exact) mass is 209 g/mol. The molecule has 1 fully saturated rings. The maximum atomic E-state index is 11.3. The van der Waals surface area contributed by atoms with E-state index < -0.39 is 0 Å². The molecule has 3 N–H and O–H groups in total. The van der Waals surface area contributed by atoms with Crippen molar-refractivity contribution >= 4 is 6.03 Å². The van der Waals surface area contributed by atoms with Gasteiger partial charge in [-0.15, -0.1) is 0 Å². The Balaban J connectivity index is 1.60. The minimum absolute atomic E-state index is 0.140. The maximum Gasteiger partial charge on any atom is 0.315 e. The summed E-state index contributed by atoms with van der Waals surface area (Å²) in [5.74, 6) is 1.34. The van der Waals surface area contributed by atoms with Crippen LogP contribution in [0.1, 0.15) is 5.76 Å². The Bertz CT molecular complexity index is 306. The average molecular weight is 209 g/mol. The van der Waals surface area contributed by atoms with Crippen molar-refractivity contribution in [2.45, 2.75) is 6.54 Å². The van der Waals surface area contributed by atoms with Crippen molar-refractivity contribution < 1.29 is 9.21 Å². The van der Waals surface area contributed by atoms with Crippen LogP contribution in [0.3, 0.4) is 0 Å². The zero-order valence-electron chi connectivity index (χ0n) is 8.45. The molecule has 0 radical (unpaired) electrons. The summed E-state index contributed by atoms with van der Waals surface area (Å²) < 4.78 is 5.09. The molecule has 1 aromatic rings. The van der Waals surface area contributed by atoms with E-state index in [9.17, 15) is 4.79 Å². The van der Waals surface area contributed by atoms with Gasteiger partial charge in [-0.1, -0.05) is 0 Å². The number of rotatable bonds is 4. The molecule has 1 aliphatic rings. The summed E-state index contributed by atoms with van der Waals surface area (Å²) in [6, 6.07) is 3.49. The summed E-state index contributed by atoms with van der Waals surface area (Å²) in [5, 5.41) is 8.69. The second kappa shape index (κ2) is 4.84. The summed E-state index contributed by atoms with van der Waals surface area (Å²) in [6.07, 6.45) is 1.59. The van der Waals surface area contributed by atoms with Gasteiger partial charge >= 0.3 is 6.03 Å². The summed E-state index contributed by atoms with van der Waals surface area (Å²) in [6.45, 7) is 3.16. The topological polar surface area (TPSA) is 66.3 Å². The molecule has 0 bridgehead atoms. The lowest BCUT2D eigenvalue weighted by Gasteiger charge is -2.27. The second-order valence-corrected chi connectivity index (χ2v) is 3.67. The van der Waals surface area contributed by atoms with Crippen molar-refractivity contribution in [3.8, 4) is 0 Å². The van der Waals surface area contributed by atoms with Crippen molar-refractivity contribution in [1.82, 2.24) is 16.0 Å². The number of furan rings is 1. The molecule has 5 nitrogen and oxygen atoms in total. The van der Waals surface area contributed by atoms with Crippen LogP contribution in [-0.4, -0.2) is 25.7 Å². The van der Waals surface area contributed by atoms with Gasteiger partial charge in [-0.05, 0) is 12.1 Å². The first-order valence-corrected chi connectivity index (χ1v) is 5.09. The second-order valence-electron chi connectivity index (χ2n) is 3.67. The van der Waals surface area contributed by atoms with Crippen LogP contribution in [0.4, 0.5) is 4.79 Å². The highest BCUT2D eigenvalue weighted by Gasteiger charge is 2.16. The van der Waals surface area contributed by atoms with Crippen molar-refractivity contribution in [2.75, 3.05) is 19.6 Å². The van der Waals surface area contributed by atoms with E-state index in [-0.39, 0.29) is 6.03 Å². The average Bonchev–Trinajstić information content (AvgIpc) is 2.64. The van der Waals surface area contributed by atoms with Gasteiger partial charge in [-0.2, -0.15) is 0 Å². The minimum Gasteiger partial charge on any atom is -0.467 e. The zero-order chi connectivity index (χ0) is 10.5. The molecule has 1 aliphatic heterocycles. The predicted molar refractivity (Wildman–Crippen MR) is 55.3 cm³/mol. The Labute approximate surface area is 88.2 Å². The molecule has 0 spiro atoms. The normalized spacial score (nSPS) is 15.7. The van der Waals surface area contributed by atoms with Crippen LogP contribution < -0.4 is 16.0 Å². The van der Waals surface area contributed by atoms with Crippen molar-refractivity contribution in [3.63, 3.8) is 0 Å². The van der Waals surface area contributed by atoms with Gasteiger partial charge in [0.05, 0.1) is 12.8 Å². The minimum atomic E-state index is -0.140. The van der Waals surface area contributed by atoms with E-state index in [0.717, 1.165) is 25.4 Å². The molecule has 2 rings (SSSR count). The van der Waals surface area contributed by atoms with Crippen LogP contribution in [-0.2, 0) is 6.54 Å². The Kier molecular flexibility index (Phi) is 3.24. The molecule has 0 aliphatic carbocycles. The number of hydrogen-bond donors (Lipinski definition) is 3. The summed E-state index contributed by atoms with van der Waals surface area (Å²) >= 11 is 0. The van der Waals surface area contributed by atoms with Crippen LogP contribution in [0, 0.1) is 5.92 Å². The third kappa shape index (κ3) is 2.99. The number of hydrogen-bond acceptors (Lipinski definition) is 3. The molecule has 0 aromatic carbocycles. The Morgan fingerprint density at radius 3 is 3.00 bits per heavy atom. The highest BCUT2D eigenvalue weighted by molar-refractivity contribution is 5.73. The standard InChI is InChI=1S/C10H15N3O2/c14-10(12-6-8-4-11-5-8)13-7-9-2-1-3-15-9/h1-3,8,11H,4-7H2,(H2,12,13,14). The fourth-order valence-electron chi connectivity index (χ4n) is 1.37. The molecule has 0 unspecified atom stereocenters. The van der Waals surface area contributed by atoms with E-state index >= 15 is 0 Å². The quantitative estimate of drug-likeness (QED) is 0.668. The number of nitrogens with one attached hydrogen (secondary N) is 3. The summed E-state index contributed by atoms with van der Waals surface area (Å²) in [7, 11) is 0. The fraction of sp³-hybridized carbons (Fsp3) is 0.500. The van der Waals surface area contributed by atoms with Crippen molar-refractivity contribution in [1.29, 1.82) is 0 Å². The third-order valence-corrected chi connectivity index (χ3v) is 2.42. The summed E-state index contributed by atoms with van der Waals surface area (Å²) in [4.78, 5) is 11.3. The number of amides is 2. The lowest BCUT2D eigenvalue weighted by molar-refractivity contribution is 0.234. The smallest absolute Gasteiger partial charge is 0.315 e. The first-order chi connectivity index (χ1) is 7.34. The molecule has 5 heteroatoms. The van der Waals surface area contributed by atoms with E-state index in [1.54, 1.807) is 12.3 Å². The highest BCUT2D eigenvalue weighted by atomic mass is 16.3. The van der Waals surface area contributed by atoms with Crippen LogP contribution in [0.25, 0.3) is 0 Å². The van der Waals surface area contributed by atoms with E-state index in [1.807, 2.05) is 6.07 Å². The maximum absolute atomic E-state index is 11.3. The van der Waals surface area contributed by atoms with Crippen LogP contribution >= 0.6 is 0 Å². The molecule has 0 saturated carbocycles. The van der Waals surface area contributed by atoms with Gasteiger partial charge in [0.15, 0.2) is 0 Å². The molecular formula is C10H15N3O2. The lowest BCUT2D eigenvalue weighted by Crippen LogP contribution is -2.49. The van der Waals surface area contributed by atoms with Crippen molar-refractivity contribution in [2.24, 2.45) is 5.92 Å². The molecule has 82 valence electrons. The Morgan fingerprint density at radius 2 is 2.40 bits per heavy atom. The van der Waals surface area contributed by atoms with Crippen molar-refractivity contribution in [3.05, 3.63) is 24.2 Å². The van der Waals surface area contributed by atoms with Gasteiger partial charge in [0.2, 0.25) is 0 Å². The Hall–Kier alpha value is -1.49. The number of carbonyl (C=O) groups is 1. The first kappa shape index (κ1) is 10.0. The van der Waals surface area contributed by atoms with Crippen LogP contribution in [0.2, 0.25) is 0 Å². The fourth-order valence-corrected chi connectivity index (χ4v) is 1.37. The third-order valence-electron chi connectivity index (χ3n) is 2.42. The molecular weight excluding hydrogens is 194 g/mol. The largest absolute Gasteiger partial charge is 0.467 e. The van der Waals surface area contributed by atoms with E-state index in [2.05, 4.69) is 16.0 Å². The van der Waals surface area contributed by atoms with Gasteiger partial charge in [0.25, 0.3) is 0 Å². The van der Waals surface area contributed by atoms with Crippen LogP contribution in [0.15, 0.2) is 22.8 Å². The highest BCUT2D eigenvalue weighted by Crippen LogP contribution is 2.00. The van der Waals surface area contributed by atoms with Gasteiger partial charge < -0.3 is 20.4 Å². The van der Waals surface area contributed by atoms with E-state index in [1.165, 1.54) is 0 Å². The summed E-state index contributed by atoms with van der Waals surface area (Å²) in [5.41, 5.74) is 0. The molecule has 2 heterocycles.